The van der Waals surface area contributed by atoms with E-state index in [-0.39, 0.29) is 17.9 Å². The van der Waals surface area contributed by atoms with Crippen molar-refractivity contribution in [3.8, 4) is 0 Å². The van der Waals surface area contributed by atoms with Gasteiger partial charge in [0.2, 0.25) is 5.91 Å². The summed E-state index contributed by atoms with van der Waals surface area (Å²) in [6.45, 7) is 12.9. The number of hydrogen-bond donors (Lipinski definition) is 0. The van der Waals surface area contributed by atoms with Crippen LogP contribution in [0.5, 0.6) is 0 Å². The van der Waals surface area contributed by atoms with Crippen molar-refractivity contribution >= 4 is 17.5 Å². The number of piperazine rings is 2. The number of rotatable bonds is 9. The molecule has 0 radical (unpaired) electrons. The number of methoxy groups -OCH3 is 1. The summed E-state index contributed by atoms with van der Waals surface area (Å²) in [4.78, 5) is 37.1. The van der Waals surface area contributed by atoms with Crippen molar-refractivity contribution in [2.24, 2.45) is 0 Å². The molecule has 2 amide bonds. The minimum Gasteiger partial charge on any atom is -0.383 e. The Kier molecular flexibility index (Phi) is 9.03. The van der Waals surface area contributed by atoms with Gasteiger partial charge in [0, 0.05) is 89.3 Å². The fourth-order valence-corrected chi connectivity index (χ4v) is 5.33. The Bertz CT molecular complexity index is 843. The maximum atomic E-state index is 13.1. The number of ether oxygens (including phenoxy) is 1. The molecule has 0 atom stereocenters. The Labute approximate surface area is 210 Å². The van der Waals surface area contributed by atoms with Gasteiger partial charge >= 0.3 is 0 Å². The maximum Gasteiger partial charge on any atom is 0.254 e. The molecule has 2 saturated heterocycles. The van der Waals surface area contributed by atoms with Crippen molar-refractivity contribution in [1.82, 2.24) is 19.6 Å². The van der Waals surface area contributed by atoms with Gasteiger partial charge in [0.15, 0.2) is 0 Å². The zero-order valence-corrected chi connectivity index (χ0v) is 21.8. The Balaban J connectivity index is 1.25. The third-order valence-corrected chi connectivity index (χ3v) is 7.87. The number of hydrogen-bond acceptors (Lipinski definition) is 6. The van der Waals surface area contributed by atoms with Crippen LogP contribution in [0.4, 0.5) is 5.69 Å². The molecule has 3 aliphatic rings. The molecule has 1 aromatic carbocycles. The second kappa shape index (κ2) is 12.2. The number of carbonyl (C=O) groups excluding carboxylic acids is 2. The SMILES string of the molecule is COCCN(C(=O)c1cccc(N2CCN(CC(=O)N3CCN(C4CCC4)CC3)CC2)c1)C(C)C. The number of nitrogens with zero attached hydrogens (tertiary/aromatic N) is 5. The first-order valence-corrected chi connectivity index (χ1v) is 13.4. The highest BCUT2D eigenvalue weighted by Gasteiger charge is 2.30. The van der Waals surface area contributed by atoms with Gasteiger partial charge in [-0.1, -0.05) is 12.5 Å². The van der Waals surface area contributed by atoms with Crippen molar-refractivity contribution in [3.63, 3.8) is 0 Å². The Morgan fingerprint density at radius 1 is 1.03 bits per heavy atom. The first kappa shape index (κ1) is 25.9. The molecule has 0 unspecified atom stereocenters. The van der Waals surface area contributed by atoms with Gasteiger partial charge in [-0.15, -0.1) is 0 Å². The van der Waals surface area contributed by atoms with Crippen LogP contribution in [0.1, 0.15) is 43.5 Å². The average Bonchev–Trinajstić information content (AvgIpc) is 2.84. The quantitative estimate of drug-likeness (QED) is 0.533. The normalized spacial score (nSPS) is 20.2. The zero-order valence-electron chi connectivity index (χ0n) is 21.8. The van der Waals surface area contributed by atoms with Gasteiger partial charge in [-0.05, 0) is 44.9 Å². The fourth-order valence-electron chi connectivity index (χ4n) is 5.33. The van der Waals surface area contributed by atoms with Crippen molar-refractivity contribution < 1.29 is 14.3 Å². The topological polar surface area (TPSA) is 59.6 Å². The molecule has 2 aliphatic heterocycles. The molecular weight excluding hydrogens is 442 g/mol. The minimum atomic E-state index is 0.0422. The van der Waals surface area contributed by atoms with E-state index in [9.17, 15) is 9.59 Å². The maximum absolute atomic E-state index is 13.1. The molecule has 4 rings (SSSR count). The van der Waals surface area contributed by atoms with Crippen molar-refractivity contribution in [2.45, 2.75) is 45.2 Å². The standard InChI is InChI=1S/C27H43N5O3/c1-22(2)32(18-19-35-3)27(34)23-6-4-9-25(20-23)30-12-10-28(11-13-30)21-26(33)31-16-14-29(15-17-31)24-7-5-8-24/h4,6,9,20,22,24H,5,7-8,10-19,21H2,1-3H3. The van der Waals surface area contributed by atoms with Crippen LogP contribution in [0.15, 0.2) is 24.3 Å². The molecule has 0 N–H and O–H groups in total. The molecule has 1 saturated carbocycles. The molecule has 1 aliphatic carbocycles. The summed E-state index contributed by atoms with van der Waals surface area (Å²) in [6, 6.07) is 8.84. The minimum absolute atomic E-state index is 0.0422. The van der Waals surface area contributed by atoms with Gasteiger partial charge < -0.3 is 19.4 Å². The first-order valence-electron chi connectivity index (χ1n) is 13.4. The molecule has 0 bridgehead atoms. The van der Waals surface area contributed by atoms with Crippen molar-refractivity contribution in [1.29, 1.82) is 0 Å². The largest absolute Gasteiger partial charge is 0.383 e. The van der Waals surface area contributed by atoms with Crippen molar-refractivity contribution in [2.75, 3.05) is 84.1 Å². The van der Waals surface area contributed by atoms with Crippen LogP contribution in [0.2, 0.25) is 0 Å². The molecule has 0 spiro atoms. The molecule has 8 nitrogen and oxygen atoms in total. The van der Waals surface area contributed by atoms with E-state index >= 15 is 0 Å². The highest BCUT2D eigenvalue weighted by atomic mass is 16.5. The highest BCUT2D eigenvalue weighted by molar-refractivity contribution is 5.95. The average molecular weight is 486 g/mol. The summed E-state index contributed by atoms with van der Waals surface area (Å²) in [7, 11) is 1.66. The lowest BCUT2D eigenvalue weighted by atomic mass is 9.91. The number of amides is 2. The summed E-state index contributed by atoms with van der Waals surface area (Å²) in [5.41, 5.74) is 1.79. The number of anilines is 1. The molecule has 194 valence electrons. The van der Waals surface area contributed by atoms with Crippen LogP contribution in [-0.2, 0) is 9.53 Å². The van der Waals surface area contributed by atoms with Crippen molar-refractivity contribution in [3.05, 3.63) is 29.8 Å². The Morgan fingerprint density at radius 3 is 2.34 bits per heavy atom. The molecule has 2 heterocycles. The lowest BCUT2D eigenvalue weighted by Crippen LogP contribution is -2.56. The molecular formula is C27H43N5O3. The summed E-state index contributed by atoms with van der Waals surface area (Å²) in [5.74, 6) is 0.310. The van der Waals surface area contributed by atoms with E-state index in [1.54, 1.807) is 7.11 Å². The van der Waals surface area contributed by atoms with Gasteiger partial charge in [-0.25, -0.2) is 0 Å². The smallest absolute Gasteiger partial charge is 0.254 e. The van der Waals surface area contributed by atoms with E-state index < -0.39 is 0 Å². The van der Waals surface area contributed by atoms with Gasteiger partial charge in [-0.3, -0.25) is 19.4 Å². The van der Waals surface area contributed by atoms with Crippen LogP contribution >= 0.6 is 0 Å². The Hall–Kier alpha value is -2.16. The van der Waals surface area contributed by atoms with E-state index in [2.05, 4.69) is 25.7 Å². The summed E-state index contributed by atoms with van der Waals surface area (Å²) < 4.78 is 5.19. The van der Waals surface area contributed by atoms with Crippen LogP contribution < -0.4 is 4.90 Å². The lowest BCUT2D eigenvalue weighted by Gasteiger charge is -2.43. The van der Waals surface area contributed by atoms with Crippen LogP contribution in [0, 0.1) is 0 Å². The molecule has 35 heavy (non-hydrogen) atoms. The van der Waals surface area contributed by atoms with Crippen LogP contribution in [0.25, 0.3) is 0 Å². The second-order valence-corrected chi connectivity index (χ2v) is 10.4. The Morgan fingerprint density at radius 2 is 1.74 bits per heavy atom. The summed E-state index contributed by atoms with van der Waals surface area (Å²) in [5, 5.41) is 0. The number of carbonyl (C=O) groups is 2. The van der Waals surface area contributed by atoms with E-state index in [1.165, 1.54) is 19.3 Å². The predicted molar refractivity (Wildman–Crippen MR) is 139 cm³/mol. The van der Waals surface area contributed by atoms with E-state index in [0.29, 0.717) is 25.3 Å². The van der Waals surface area contributed by atoms with E-state index in [4.69, 9.17) is 4.74 Å². The summed E-state index contributed by atoms with van der Waals surface area (Å²) >= 11 is 0. The third-order valence-electron chi connectivity index (χ3n) is 7.87. The second-order valence-electron chi connectivity index (χ2n) is 10.4. The van der Waals surface area contributed by atoms with Crippen LogP contribution in [0.3, 0.4) is 0 Å². The van der Waals surface area contributed by atoms with Gasteiger partial charge in [0.05, 0.1) is 13.2 Å². The van der Waals surface area contributed by atoms with Crippen LogP contribution in [-0.4, -0.2) is 123 Å². The molecule has 3 fully saturated rings. The predicted octanol–water partition coefficient (Wildman–Crippen LogP) is 2.00. The zero-order chi connectivity index (χ0) is 24.8. The van der Waals surface area contributed by atoms with Gasteiger partial charge in [0.25, 0.3) is 5.91 Å². The number of benzene rings is 1. The van der Waals surface area contributed by atoms with Gasteiger partial charge in [0.1, 0.15) is 0 Å². The van der Waals surface area contributed by atoms with E-state index in [1.807, 2.05) is 36.9 Å². The third kappa shape index (κ3) is 6.54. The van der Waals surface area contributed by atoms with E-state index in [0.717, 1.165) is 64.1 Å². The summed E-state index contributed by atoms with van der Waals surface area (Å²) in [6.07, 6.45) is 4.03. The van der Waals surface area contributed by atoms with Gasteiger partial charge in [-0.2, -0.15) is 0 Å². The first-order chi connectivity index (χ1) is 17.0. The molecule has 0 aromatic heterocycles. The molecule has 8 heteroatoms. The monoisotopic (exact) mass is 485 g/mol. The fraction of sp³-hybridized carbons (Fsp3) is 0.704. The lowest BCUT2D eigenvalue weighted by molar-refractivity contribution is -0.134. The molecule has 1 aromatic rings. The highest BCUT2D eigenvalue weighted by Crippen LogP contribution is 2.25.